The Morgan fingerprint density at radius 3 is 2.27 bits per heavy atom. The first-order chi connectivity index (χ1) is 19.0. The lowest BCUT2D eigenvalue weighted by Gasteiger charge is -2.32. The van der Waals surface area contributed by atoms with Gasteiger partial charge >= 0.3 is 0 Å². The van der Waals surface area contributed by atoms with Crippen LogP contribution in [0, 0.1) is 24.6 Å². The summed E-state index contributed by atoms with van der Waals surface area (Å²) < 4.78 is 43.3. The van der Waals surface area contributed by atoms with Crippen LogP contribution >= 0.6 is 11.6 Å². The number of hydrogen-bond donors (Lipinski definition) is 2. The number of aryl methyl sites for hydroxylation is 1. The van der Waals surface area contributed by atoms with Crippen molar-refractivity contribution in [1.29, 1.82) is 0 Å². The Morgan fingerprint density at radius 2 is 1.65 bits per heavy atom. The van der Waals surface area contributed by atoms with E-state index >= 15 is 0 Å². The third-order valence-corrected chi connectivity index (χ3v) is 8.62. The molecule has 1 fully saturated rings. The first kappa shape index (κ1) is 29.6. The van der Waals surface area contributed by atoms with Crippen LogP contribution in [0.15, 0.2) is 83.9 Å². The van der Waals surface area contributed by atoms with E-state index in [0.717, 1.165) is 47.8 Å². The molecule has 4 aromatic rings. The molecular weight excluding hydrogens is 551 g/mol. The maximum absolute atomic E-state index is 13.8. The van der Waals surface area contributed by atoms with Gasteiger partial charge in [-0.15, -0.1) is 0 Å². The van der Waals surface area contributed by atoms with Crippen molar-refractivity contribution < 1.29 is 22.2 Å². The highest BCUT2D eigenvalue weighted by atomic mass is 35.5. The number of pyridine rings is 1. The molecule has 40 heavy (non-hydrogen) atoms. The van der Waals surface area contributed by atoms with Crippen molar-refractivity contribution in [3.8, 4) is 0 Å². The van der Waals surface area contributed by atoms with Crippen LogP contribution in [0.2, 0.25) is 5.02 Å². The highest BCUT2D eigenvalue weighted by Gasteiger charge is 2.30. The molecule has 210 valence electrons. The fourth-order valence-corrected chi connectivity index (χ4v) is 5.75. The molecule has 0 bridgehead atoms. The maximum atomic E-state index is 13.8. The van der Waals surface area contributed by atoms with E-state index in [1.807, 2.05) is 38.2 Å². The van der Waals surface area contributed by atoms with E-state index in [1.165, 1.54) is 23.8 Å². The minimum atomic E-state index is -4.02. The van der Waals surface area contributed by atoms with E-state index < -0.39 is 10.1 Å². The maximum Gasteiger partial charge on any atom is 0.294 e. The Morgan fingerprint density at radius 1 is 1.00 bits per heavy atom. The van der Waals surface area contributed by atoms with Gasteiger partial charge < -0.3 is 5.32 Å². The van der Waals surface area contributed by atoms with Crippen LogP contribution in [0.3, 0.4) is 0 Å². The van der Waals surface area contributed by atoms with Crippen LogP contribution in [0.5, 0.6) is 0 Å². The minimum Gasteiger partial charge on any atom is -0.326 e. The predicted octanol–water partition coefficient (Wildman–Crippen LogP) is 7.82. The Kier molecular flexibility index (Phi) is 9.56. The van der Waals surface area contributed by atoms with Crippen molar-refractivity contribution in [2.75, 3.05) is 5.32 Å². The molecule has 1 atom stereocenters. The molecule has 1 aromatic heterocycles. The van der Waals surface area contributed by atoms with E-state index in [2.05, 4.69) is 10.3 Å². The number of benzene rings is 3. The number of halogens is 2. The topological polar surface area (TPSA) is 96.4 Å². The van der Waals surface area contributed by atoms with Crippen molar-refractivity contribution in [3.63, 3.8) is 0 Å². The van der Waals surface area contributed by atoms with E-state index in [1.54, 1.807) is 36.4 Å². The zero-order chi connectivity index (χ0) is 28.9. The summed E-state index contributed by atoms with van der Waals surface area (Å²) in [6, 6.07) is 20.0. The van der Waals surface area contributed by atoms with Gasteiger partial charge in [-0.05, 0) is 111 Å². The Balaban J connectivity index is 0.000000283. The Bertz CT molecular complexity index is 1570. The standard InChI is InChI=1S/C24H24ClFN2O.C7H8O3S/c1-15(24(29)28-20-9-6-18(25)7-10-20)16-2-4-17(5-3-16)21-12-13-27-23-11-8-19(26)14-22(21)23;1-6-2-4-7(5-3-6)11(8,9)10/h6-17H,2-5H2,1H3,(H,28,29);2-5H,1H3,(H,8,9,10)/t15-,16?,17?;/m1./s1. The van der Waals surface area contributed by atoms with E-state index in [9.17, 15) is 17.6 Å². The number of carbonyl (C=O) groups is 1. The molecule has 5 rings (SSSR count). The molecule has 6 nitrogen and oxygen atoms in total. The zero-order valence-corrected chi connectivity index (χ0v) is 23.9. The molecule has 1 saturated carbocycles. The number of hydrogen-bond acceptors (Lipinski definition) is 4. The highest BCUT2D eigenvalue weighted by molar-refractivity contribution is 7.85. The summed E-state index contributed by atoms with van der Waals surface area (Å²) in [6.45, 7) is 3.85. The Hall–Kier alpha value is -3.33. The molecule has 2 N–H and O–H groups in total. The van der Waals surface area contributed by atoms with Gasteiger partial charge in [0.2, 0.25) is 5.91 Å². The lowest BCUT2D eigenvalue weighted by atomic mass is 9.73. The van der Waals surface area contributed by atoms with Crippen LogP contribution in [0.4, 0.5) is 10.1 Å². The molecular formula is C31H32ClFN2O4S. The normalized spacial score (nSPS) is 17.9. The van der Waals surface area contributed by atoms with Crippen molar-refractivity contribution in [1.82, 2.24) is 4.98 Å². The van der Waals surface area contributed by atoms with E-state index in [0.29, 0.717) is 16.9 Å². The molecule has 0 radical (unpaired) electrons. The first-order valence-electron chi connectivity index (χ1n) is 13.2. The fourth-order valence-electron chi connectivity index (χ4n) is 5.14. The molecule has 0 unspecified atom stereocenters. The lowest BCUT2D eigenvalue weighted by Crippen LogP contribution is -2.29. The summed E-state index contributed by atoms with van der Waals surface area (Å²) >= 11 is 5.90. The summed E-state index contributed by atoms with van der Waals surface area (Å²) in [5, 5.41) is 4.55. The van der Waals surface area contributed by atoms with E-state index in [-0.39, 0.29) is 22.5 Å². The van der Waals surface area contributed by atoms with Gasteiger partial charge in [-0.3, -0.25) is 14.3 Å². The number of rotatable bonds is 5. The Labute approximate surface area is 239 Å². The predicted molar refractivity (Wildman–Crippen MR) is 157 cm³/mol. The SMILES string of the molecule is C[C@@H](C(=O)Nc1ccc(Cl)cc1)C1CCC(c2ccnc3ccc(F)cc23)CC1.Cc1ccc(S(=O)(=O)O)cc1. The largest absolute Gasteiger partial charge is 0.326 e. The molecule has 3 aromatic carbocycles. The number of aromatic nitrogens is 1. The number of carbonyl (C=O) groups excluding carboxylic acids is 1. The third kappa shape index (κ3) is 7.65. The zero-order valence-electron chi connectivity index (χ0n) is 22.3. The number of nitrogens with zero attached hydrogens (tertiary/aromatic N) is 1. The van der Waals surface area contributed by atoms with Gasteiger partial charge in [0, 0.05) is 28.2 Å². The van der Waals surface area contributed by atoms with Crippen LogP contribution in [0.25, 0.3) is 10.9 Å². The third-order valence-electron chi connectivity index (χ3n) is 7.50. The number of fused-ring (bicyclic) bond motifs is 1. The van der Waals surface area contributed by atoms with Gasteiger partial charge in [0.15, 0.2) is 0 Å². The van der Waals surface area contributed by atoms with E-state index in [4.69, 9.17) is 16.2 Å². The quantitative estimate of drug-likeness (QED) is 0.234. The summed E-state index contributed by atoms with van der Waals surface area (Å²) in [4.78, 5) is 17.0. The molecule has 1 aliphatic carbocycles. The summed E-state index contributed by atoms with van der Waals surface area (Å²) in [5.41, 5.74) is 3.73. The first-order valence-corrected chi connectivity index (χ1v) is 15.0. The second-order valence-corrected chi connectivity index (χ2v) is 12.1. The van der Waals surface area contributed by atoms with Crippen LogP contribution < -0.4 is 5.32 Å². The smallest absolute Gasteiger partial charge is 0.294 e. The van der Waals surface area contributed by atoms with Crippen LogP contribution in [0.1, 0.15) is 49.7 Å². The second kappa shape index (κ2) is 12.9. The lowest BCUT2D eigenvalue weighted by molar-refractivity contribution is -0.121. The van der Waals surface area contributed by atoms with Gasteiger partial charge in [0.1, 0.15) is 5.82 Å². The van der Waals surface area contributed by atoms with Crippen molar-refractivity contribution in [2.45, 2.75) is 50.3 Å². The van der Waals surface area contributed by atoms with Crippen LogP contribution in [-0.2, 0) is 14.9 Å². The highest BCUT2D eigenvalue weighted by Crippen LogP contribution is 2.41. The van der Waals surface area contributed by atoms with Gasteiger partial charge in [-0.25, -0.2) is 4.39 Å². The van der Waals surface area contributed by atoms with Gasteiger partial charge in [-0.2, -0.15) is 8.42 Å². The molecule has 0 spiro atoms. The van der Waals surface area contributed by atoms with Crippen molar-refractivity contribution in [2.24, 2.45) is 11.8 Å². The molecule has 1 heterocycles. The van der Waals surface area contributed by atoms with Crippen molar-refractivity contribution >= 4 is 44.2 Å². The molecule has 0 aliphatic heterocycles. The molecule has 1 amide bonds. The summed E-state index contributed by atoms with van der Waals surface area (Å²) in [6.07, 6.45) is 5.78. The van der Waals surface area contributed by atoms with Crippen LogP contribution in [-0.4, -0.2) is 23.9 Å². The summed E-state index contributed by atoms with van der Waals surface area (Å²) in [7, 11) is -4.02. The number of nitrogens with one attached hydrogen (secondary N) is 1. The number of amides is 1. The average molecular weight is 583 g/mol. The minimum absolute atomic E-state index is 0.0483. The summed E-state index contributed by atoms with van der Waals surface area (Å²) in [5.74, 6) is 0.492. The van der Waals surface area contributed by atoms with Gasteiger partial charge in [0.05, 0.1) is 10.4 Å². The molecule has 0 saturated heterocycles. The van der Waals surface area contributed by atoms with Crippen molar-refractivity contribution in [3.05, 3.63) is 101 Å². The fraction of sp³-hybridized carbons (Fsp3) is 0.290. The molecule has 1 aliphatic rings. The second-order valence-electron chi connectivity index (χ2n) is 10.2. The van der Waals surface area contributed by atoms with Gasteiger partial charge in [0.25, 0.3) is 10.1 Å². The van der Waals surface area contributed by atoms with Gasteiger partial charge in [-0.1, -0.05) is 36.2 Å². The monoisotopic (exact) mass is 582 g/mol. The molecule has 9 heteroatoms. The number of anilines is 1. The average Bonchev–Trinajstić information content (AvgIpc) is 2.94.